The number of hydrogen-bond donors (Lipinski definition) is 1. The number of rotatable bonds is 5. The number of alkyl halides is 3. The first-order valence-electron chi connectivity index (χ1n) is 8.64. The third-order valence-electron chi connectivity index (χ3n) is 4.42. The highest BCUT2D eigenvalue weighted by Gasteiger charge is 2.31. The lowest BCUT2D eigenvalue weighted by Crippen LogP contribution is -2.23. The Morgan fingerprint density at radius 3 is 2.64 bits per heavy atom. The summed E-state index contributed by atoms with van der Waals surface area (Å²) in [5.74, 6) is 0.131. The molecule has 6 nitrogen and oxygen atoms in total. The normalized spacial score (nSPS) is 12.8. The predicted molar refractivity (Wildman–Crippen MR) is 100 cm³/mol. The summed E-state index contributed by atoms with van der Waals surface area (Å²) in [5, 5.41) is 3.43. The molecule has 2 heterocycles. The fraction of sp³-hybridized carbons (Fsp3) is 0.316. The van der Waals surface area contributed by atoms with E-state index in [4.69, 9.17) is 4.74 Å². The second-order valence-corrected chi connectivity index (χ2v) is 6.34. The van der Waals surface area contributed by atoms with Gasteiger partial charge in [0.15, 0.2) is 0 Å². The zero-order chi connectivity index (χ0) is 20.5. The van der Waals surface area contributed by atoms with Gasteiger partial charge in [-0.3, -0.25) is 9.36 Å². The topological polar surface area (TPSA) is 69.0 Å². The first-order chi connectivity index (χ1) is 13.2. The summed E-state index contributed by atoms with van der Waals surface area (Å²) in [6, 6.07) is 6.24. The van der Waals surface area contributed by atoms with E-state index in [1.165, 1.54) is 25.4 Å². The fourth-order valence-electron chi connectivity index (χ4n) is 2.79. The van der Waals surface area contributed by atoms with E-state index in [2.05, 4.69) is 15.3 Å². The molecule has 9 heteroatoms. The molecule has 2 aromatic heterocycles. The van der Waals surface area contributed by atoms with Crippen LogP contribution in [0.5, 0.6) is 5.75 Å². The van der Waals surface area contributed by atoms with Crippen LogP contribution in [0.1, 0.15) is 31.9 Å². The van der Waals surface area contributed by atoms with Gasteiger partial charge in [0.2, 0.25) is 5.95 Å². The van der Waals surface area contributed by atoms with Gasteiger partial charge in [-0.25, -0.2) is 4.98 Å². The number of pyridine rings is 1. The average molecular weight is 392 g/mol. The van der Waals surface area contributed by atoms with Gasteiger partial charge in [0.05, 0.1) is 12.7 Å². The molecular weight excluding hydrogens is 373 g/mol. The molecule has 1 N–H and O–H groups in total. The number of aromatic nitrogens is 3. The van der Waals surface area contributed by atoms with E-state index in [9.17, 15) is 18.0 Å². The van der Waals surface area contributed by atoms with Crippen LogP contribution in [0.15, 0.2) is 41.3 Å². The SMILES string of the molecule is CCC(C)n1c(=O)ccc2cnc(Nc3cc(OC)cc(C(F)(F)F)c3)nc21. The summed E-state index contributed by atoms with van der Waals surface area (Å²) in [4.78, 5) is 20.8. The maximum absolute atomic E-state index is 13.1. The number of nitrogens with one attached hydrogen (secondary N) is 1. The van der Waals surface area contributed by atoms with Crippen LogP contribution < -0.4 is 15.6 Å². The van der Waals surface area contributed by atoms with Crippen molar-refractivity contribution >= 4 is 22.7 Å². The maximum Gasteiger partial charge on any atom is 0.416 e. The first kappa shape index (κ1) is 19.7. The predicted octanol–water partition coefficient (Wildman–Crippen LogP) is 4.53. The van der Waals surface area contributed by atoms with Gasteiger partial charge in [0.25, 0.3) is 5.56 Å². The monoisotopic (exact) mass is 392 g/mol. The minimum atomic E-state index is -4.52. The Balaban J connectivity index is 2.07. The van der Waals surface area contributed by atoms with Crippen molar-refractivity contribution in [2.45, 2.75) is 32.5 Å². The lowest BCUT2D eigenvalue weighted by atomic mass is 10.2. The number of benzene rings is 1. The van der Waals surface area contributed by atoms with Gasteiger partial charge in [0.1, 0.15) is 11.4 Å². The highest BCUT2D eigenvalue weighted by molar-refractivity contribution is 5.76. The highest BCUT2D eigenvalue weighted by atomic mass is 19.4. The van der Waals surface area contributed by atoms with E-state index in [1.807, 2.05) is 13.8 Å². The number of ether oxygens (including phenoxy) is 1. The molecule has 1 aromatic carbocycles. The number of anilines is 2. The van der Waals surface area contributed by atoms with Gasteiger partial charge < -0.3 is 10.1 Å². The molecule has 148 valence electrons. The average Bonchev–Trinajstić information content (AvgIpc) is 2.66. The van der Waals surface area contributed by atoms with Gasteiger partial charge in [-0.1, -0.05) is 6.92 Å². The zero-order valence-electron chi connectivity index (χ0n) is 15.5. The zero-order valence-corrected chi connectivity index (χ0v) is 15.5. The Kier molecular flexibility index (Phi) is 5.26. The van der Waals surface area contributed by atoms with Crippen LogP contribution in [0.3, 0.4) is 0 Å². The second-order valence-electron chi connectivity index (χ2n) is 6.34. The van der Waals surface area contributed by atoms with Gasteiger partial charge >= 0.3 is 6.18 Å². The molecule has 0 fully saturated rings. The summed E-state index contributed by atoms with van der Waals surface area (Å²) in [5.41, 5.74) is -0.517. The lowest BCUT2D eigenvalue weighted by Gasteiger charge is -2.16. The van der Waals surface area contributed by atoms with Crippen molar-refractivity contribution in [3.8, 4) is 5.75 Å². The Bertz CT molecular complexity index is 1060. The van der Waals surface area contributed by atoms with Crippen molar-refractivity contribution in [2.24, 2.45) is 0 Å². The Labute approximate surface area is 159 Å². The molecule has 0 radical (unpaired) electrons. The van der Waals surface area contributed by atoms with Crippen molar-refractivity contribution in [2.75, 3.05) is 12.4 Å². The molecule has 0 saturated carbocycles. The van der Waals surface area contributed by atoms with E-state index < -0.39 is 11.7 Å². The molecule has 0 spiro atoms. The third-order valence-corrected chi connectivity index (χ3v) is 4.42. The summed E-state index contributed by atoms with van der Waals surface area (Å²) in [6.45, 7) is 3.85. The van der Waals surface area contributed by atoms with E-state index >= 15 is 0 Å². The van der Waals surface area contributed by atoms with Crippen LogP contribution in [0.2, 0.25) is 0 Å². The third kappa shape index (κ3) is 3.92. The number of hydrogen-bond acceptors (Lipinski definition) is 5. The van der Waals surface area contributed by atoms with Crippen LogP contribution in [-0.2, 0) is 6.18 Å². The first-order valence-corrected chi connectivity index (χ1v) is 8.64. The molecule has 0 saturated heterocycles. The Morgan fingerprint density at radius 2 is 2.00 bits per heavy atom. The summed E-state index contributed by atoms with van der Waals surface area (Å²) in [7, 11) is 1.29. The number of fused-ring (bicyclic) bond motifs is 1. The van der Waals surface area contributed by atoms with Crippen molar-refractivity contribution in [3.63, 3.8) is 0 Å². The Morgan fingerprint density at radius 1 is 1.25 bits per heavy atom. The molecule has 1 atom stereocenters. The maximum atomic E-state index is 13.1. The van der Waals surface area contributed by atoms with E-state index in [1.54, 1.807) is 10.6 Å². The lowest BCUT2D eigenvalue weighted by molar-refractivity contribution is -0.137. The minimum Gasteiger partial charge on any atom is -0.497 e. The van der Waals surface area contributed by atoms with Crippen LogP contribution in [0.4, 0.5) is 24.8 Å². The van der Waals surface area contributed by atoms with Gasteiger partial charge in [-0.15, -0.1) is 0 Å². The molecule has 0 bridgehead atoms. The van der Waals surface area contributed by atoms with Crippen molar-refractivity contribution in [3.05, 3.63) is 52.4 Å². The molecule has 0 aliphatic rings. The van der Waals surface area contributed by atoms with Crippen LogP contribution in [-0.4, -0.2) is 21.6 Å². The molecular formula is C19H19F3N4O2. The summed E-state index contributed by atoms with van der Waals surface area (Å²) >= 11 is 0. The van der Waals surface area contributed by atoms with Crippen LogP contribution in [0, 0.1) is 0 Å². The van der Waals surface area contributed by atoms with Gasteiger partial charge in [-0.05, 0) is 31.5 Å². The second kappa shape index (κ2) is 7.49. The molecule has 0 aliphatic heterocycles. The molecule has 0 amide bonds. The number of halogens is 3. The highest BCUT2D eigenvalue weighted by Crippen LogP contribution is 2.34. The Hall–Kier alpha value is -3.10. The summed E-state index contributed by atoms with van der Waals surface area (Å²) in [6.07, 6.45) is -2.28. The molecule has 28 heavy (non-hydrogen) atoms. The van der Waals surface area contributed by atoms with Crippen molar-refractivity contribution in [1.29, 1.82) is 0 Å². The molecule has 1 unspecified atom stereocenters. The number of methoxy groups -OCH3 is 1. The minimum absolute atomic E-state index is 0.0506. The summed E-state index contributed by atoms with van der Waals surface area (Å²) < 4.78 is 45.8. The van der Waals surface area contributed by atoms with E-state index in [-0.39, 0.29) is 29.0 Å². The molecule has 3 rings (SSSR count). The van der Waals surface area contributed by atoms with Gasteiger partial charge in [0, 0.05) is 35.4 Å². The van der Waals surface area contributed by atoms with Crippen molar-refractivity contribution in [1.82, 2.24) is 14.5 Å². The van der Waals surface area contributed by atoms with Crippen molar-refractivity contribution < 1.29 is 17.9 Å². The van der Waals surface area contributed by atoms with E-state index in [0.717, 1.165) is 18.6 Å². The molecule has 3 aromatic rings. The van der Waals surface area contributed by atoms with Gasteiger partial charge in [-0.2, -0.15) is 18.2 Å². The number of nitrogens with zero attached hydrogens (tertiary/aromatic N) is 3. The van der Waals surface area contributed by atoms with Crippen LogP contribution in [0.25, 0.3) is 11.0 Å². The smallest absolute Gasteiger partial charge is 0.416 e. The standard InChI is InChI=1S/C19H19F3N4O2/c1-4-11(2)26-16(27)6-5-12-10-23-18(25-17(12)26)24-14-7-13(19(20,21)22)8-15(9-14)28-3/h5-11H,4H2,1-3H3,(H,23,24,25). The quantitative estimate of drug-likeness (QED) is 0.691. The van der Waals surface area contributed by atoms with E-state index in [0.29, 0.717) is 11.0 Å². The largest absolute Gasteiger partial charge is 0.497 e. The fourth-order valence-corrected chi connectivity index (χ4v) is 2.79. The van der Waals surface area contributed by atoms with Crippen LogP contribution >= 0.6 is 0 Å². The molecule has 0 aliphatic carbocycles.